The Morgan fingerprint density at radius 2 is 1.19 bits per heavy atom. The second-order valence-electron chi connectivity index (χ2n) is 15.8. The quantitative estimate of drug-likeness (QED) is 0.0118. The number of rotatable bonds is 39. The van der Waals surface area contributed by atoms with Gasteiger partial charge in [-0.1, -0.05) is 139 Å². The lowest BCUT2D eigenvalue weighted by atomic mass is 10.1. The molecule has 4 atom stereocenters. The van der Waals surface area contributed by atoms with E-state index in [0.29, 0.717) is 23.9 Å². The summed E-state index contributed by atoms with van der Waals surface area (Å²) in [6, 6.07) is 0. The number of ether oxygens (including phenoxy) is 2. The number of hydrogen-bond acceptors (Lipinski definition) is 9. The standard InChI is InChI=1S/C46H82NO9P/c1-6-8-10-11-12-13-14-15-16-17-18-19-20-24-27-31-39-53-41-45(42-55-57(51,52)54-40-38-47(3,4)5)56-46(50)37-32-36-44(49)35-30-26-23-21-22-25-29-34-43(48)33-28-9-7-2/h15-16,22-23,25-26,29-31,34-35,39,43-45,48-49H,6-14,17-21,24,27-28,32-33,36-38,40-42H2,1-5H3/b16-15-,25-22-,26-23-,34-29+,35-30+,39-31+/t43-,44-,45-/m1/s1. The molecule has 0 saturated carbocycles. The highest BCUT2D eigenvalue weighted by molar-refractivity contribution is 7.45. The van der Waals surface area contributed by atoms with Gasteiger partial charge in [-0.15, -0.1) is 0 Å². The topological polar surface area (TPSA) is 135 Å². The van der Waals surface area contributed by atoms with Crippen LogP contribution in [0.25, 0.3) is 0 Å². The first-order valence-electron chi connectivity index (χ1n) is 21.9. The number of aliphatic hydroxyl groups is 2. The first kappa shape index (κ1) is 54.7. The molecule has 0 aromatic heterocycles. The van der Waals surface area contributed by atoms with Gasteiger partial charge in [0.25, 0.3) is 7.82 Å². The van der Waals surface area contributed by atoms with E-state index in [-0.39, 0.29) is 19.6 Å². The highest BCUT2D eigenvalue weighted by Gasteiger charge is 2.20. The molecule has 10 nitrogen and oxygen atoms in total. The third-order valence-corrected chi connectivity index (χ3v) is 9.97. The van der Waals surface area contributed by atoms with Crippen molar-refractivity contribution < 1.29 is 47.5 Å². The molecule has 1 unspecified atom stereocenters. The Kier molecular flexibility index (Phi) is 36.4. The number of hydrogen-bond donors (Lipinski definition) is 2. The summed E-state index contributed by atoms with van der Waals surface area (Å²) in [5.41, 5.74) is 0. The van der Waals surface area contributed by atoms with Crippen molar-refractivity contribution in [3.8, 4) is 0 Å². The minimum Gasteiger partial charge on any atom is -0.756 e. The number of quaternary nitrogens is 1. The molecule has 0 amide bonds. The van der Waals surface area contributed by atoms with Gasteiger partial charge in [-0.05, 0) is 70.3 Å². The number of unbranched alkanes of at least 4 members (excludes halogenated alkanes) is 13. The molecule has 0 bridgehead atoms. The van der Waals surface area contributed by atoms with E-state index in [1.54, 1.807) is 24.5 Å². The van der Waals surface area contributed by atoms with Crippen LogP contribution in [0.2, 0.25) is 0 Å². The number of phosphoric acid groups is 1. The zero-order chi connectivity index (χ0) is 42.3. The number of esters is 1. The van der Waals surface area contributed by atoms with Gasteiger partial charge in [0, 0.05) is 6.42 Å². The average molecular weight is 824 g/mol. The van der Waals surface area contributed by atoms with Crippen molar-refractivity contribution in [2.24, 2.45) is 0 Å². The van der Waals surface area contributed by atoms with E-state index in [1.165, 1.54) is 57.8 Å². The molecule has 11 heteroatoms. The molecular formula is C46H82NO9P. The monoisotopic (exact) mass is 824 g/mol. The average Bonchev–Trinajstić information content (AvgIpc) is 3.15. The highest BCUT2D eigenvalue weighted by atomic mass is 31.2. The fourth-order valence-electron chi connectivity index (χ4n) is 5.48. The van der Waals surface area contributed by atoms with Gasteiger partial charge in [-0.25, -0.2) is 0 Å². The predicted molar refractivity (Wildman–Crippen MR) is 233 cm³/mol. The predicted octanol–water partition coefficient (Wildman–Crippen LogP) is 10.4. The normalized spacial score (nSPS) is 15.5. The van der Waals surface area contributed by atoms with Crippen LogP contribution >= 0.6 is 7.82 Å². The van der Waals surface area contributed by atoms with Crippen LogP contribution < -0.4 is 4.89 Å². The van der Waals surface area contributed by atoms with Crippen molar-refractivity contribution in [2.45, 2.75) is 167 Å². The van der Waals surface area contributed by atoms with Crippen LogP contribution in [0.5, 0.6) is 0 Å². The summed E-state index contributed by atoms with van der Waals surface area (Å²) in [5.74, 6) is -0.537. The van der Waals surface area contributed by atoms with Crippen LogP contribution in [0.4, 0.5) is 0 Å². The summed E-state index contributed by atoms with van der Waals surface area (Å²) >= 11 is 0. The van der Waals surface area contributed by atoms with Gasteiger partial charge < -0.3 is 38.1 Å². The van der Waals surface area contributed by atoms with Crippen molar-refractivity contribution in [3.63, 3.8) is 0 Å². The van der Waals surface area contributed by atoms with Crippen molar-refractivity contribution >= 4 is 13.8 Å². The number of aliphatic hydroxyl groups excluding tert-OH is 2. The van der Waals surface area contributed by atoms with Crippen molar-refractivity contribution in [1.82, 2.24) is 0 Å². The molecule has 330 valence electrons. The van der Waals surface area contributed by atoms with Gasteiger partial charge in [-0.2, -0.15) is 0 Å². The lowest BCUT2D eigenvalue weighted by Crippen LogP contribution is -2.37. The summed E-state index contributed by atoms with van der Waals surface area (Å²) in [5, 5.41) is 20.2. The molecule has 0 saturated heterocycles. The number of nitrogens with zero attached hydrogens (tertiary/aromatic N) is 1. The number of allylic oxidation sites excluding steroid dienone is 9. The smallest absolute Gasteiger partial charge is 0.306 e. The molecule has 0 aromatic carbocycles. The second kappa shape index (κ2) is 37.9. The van der Waals surface area contributed by atoms with E-state index in [2.05, 4.69) is 26.0 Å². The van der Waals surface area contributed by atoms with Crippen LogP contribution in [-0.4, -0.2) is 86.5 Å². The fraction of sp³-hybridized carbons (Fsp3) is 0.717. The Morgan fingerprint density at radius 3 is 1.77 bits per heavy atom. The molecule has 2 N–H and O–H groups in total. The second-order valence-corrected chi connectivity index (χ2v) is 17.2. The SMILES string of the molecule is CCCCCCCC/C=C\CCCCCC/C=C/OC[C@H](COP(=O)([O-])OCC[N+](C)(C)C)OC(=O)CCC[C@H](O)/C=C/C=C\C/C=C\C=C\[C@H](O)CCCCC. The third-order valence-electron chi connectivity index (χ3n) is 9.00. The number of carbonyl (C=O) groups excluding carboxylic acids is 1. The Hall–Kier alpha value is -2.30. The Balaban J connectivity index is 4.58. The summed E-state index contributed by atoms with van der Waals surface area (Å²) < 4.78 is 34.1. The third kappa shape index (κ3) is 41.7. The first-order chi connectivity index (χ1) is 27.4. The zero-order valence-corrected chi connectivity index (χ0v) is 37.4. The molecule has 0 aliphatic rings. The molecule has 0 heterocycles. The van der Waals surface area contributed by atoms with Crippen molar-refractivity contribution in [1.29, 1.82) is 0 Å². The number of likely N-dealkylation sites (N-methyl/N-ethyl adjacent to an activating group) is 1. The summed E-state index contributed by atoms with van der Waals surface area (Å²) in [6.07, 6.45) is 42.2. The molecule has 0 radical (unpaired) electrons. The van der Waals surface area contributed by atoms with Gasteiger partial charge in [-0.3, -0.25) is 9.36 Å². The first-order valence-corrected chi connectivity index (χ1v) is 23.4. The van der Waals surface area contributed by atoms with E-state index < -0.39 is 38.7 Å². The van der Waals surface area contributed by atoms with Gasteiger partial charge in [0.1, 0.15) is 19.8 Å². The number of phosphoric ester groups is 1. The maximum absolute atomic E-state index is 12.7. The lowest BCUT2D eigenvalue weighted by Gasteiger charge is -2.28. The summed E-state index contributed by atoms with van der Waals surface area (Å²) in [6.45, 7) is 4.33. The molecule has 0 aliphatic carbocycles. The zero-order valence-electron chi connectivity index (χ0n) is 36.5. The minimum absolute atomic E-state index is 0.0315. The number of carbonyl (C=O) groups is 1. The van der Waals surface area contributed by atoms with Crippen molar-refractivity contribution in [3.05, 3.63) is 73.1 Å². The van der Waals surface area contributed by atoms with Crippen LogP contribution in [0.15, 0.2) is 73.1 Å². The van der Waals surface area contributed by atoms with Crippen molar-refractivity contribution in [2.75, 3.05) is 47.5 Å². The molecule has 57 heavy (non-hydrogen) atoms. The van der Waals surface area contributed by atoms with Crippen LogP contribution in [0.3, 0.4) is 0 Å². The molecular weight excluding hydrogens is 741 g/mol. The van der Waals surface area contributed by atoms with E-state index >= 15 is 0 Å². The Labute approximate surface area is 348 Å². The van der Waals surface area contributed by atoms with Gasteiger partial charge in [0.2, 0.25) is 0 Å². The molecule has 0 rings (SSSR count). The Morgan fingerprint density at radius 1 is 0.667 bits per heavy atom. The summed E-state index contributed by atoms with van der Waals surface area (Å²) in [4.78, 5) is 25.0. The maximum atomic E-state index is 12.7. The van der Waals surface area contributed by atoms with Crippen LogP contribution in [-0.2, 0) is 27.9 Å². The van der Waals surface area contributed by atoms with E-state index in [1.807, 2.05) is 57.6 Å². The Bertz CT molecular complexity index is 1170. The van der Waals surface area contributed by atoms with Gasteiger partial charge >= 0.3 is 5.97 Å². The lowest BCUT2D eigenvalue weighted by molar-refractivity contribution is -0.870. The minimum atomic E-state index is -4.61. The maximum Gasteiger partial charge on any atom is 0.306 e. The highest BCUT2D eigenvalue weighted by Crippen LogP contribution is 2.38. The molecule has 0 aliphatic heterocycles. The van der Waals surface area contributed by atoms with E-state index in [4.69, 9.17) is 18.5 Å². The molecule has 0 fully saturated rings. The molecule has 0 spiro atoms. The molecule has 0 aromatic rings. The van der Waals surface area contributed by atoms with Gasteiger partial charge in [0.15, 0.2) is 6.10 Å². The van der Waals surface area contributed by atoms with Gasteiger partial charge in [0.05, 0.1) is 46.2 Å². The van der Waals surface area contributed by atoms with E-state index in [9.17, 15) is 24.5 Å². The fourth-order valence-corrected chi connectivity index (χ4v) is 6.21. The van der Waals surface area contributed by atoms with Crippen LogP contribution in [0.1, 0.15) is 149 Å². The van der Waals surface area contributed by atoms with Crippen LogP contribution in [0, 0.1) is 0 Å². The van der Waals surface area contributed by atoms with E-state index in [0.717, 1.165) is 57.8 Å². The largest absolute Gasteiger partial charge is 0.756 e. The summed E-state index contributed by atoms with van der Waals surface area (Å²) in [7, 11) is 1.16.